The van der Waals surface area contributed by atoms with E-state index < -0.39 is 0 Å². The van der Waals surface area contributed by atoms with E-state index in [1.807, 2.05) is 54.9 Å². The van der Waals surface area contributed by atoms with Gasteiger partial charge < -0.3 is 15.2 Å². The van der Waals surface area contributed by atoms with E-state index in [0.717, 1.165) is 38.6 Å². The lowest BCUT2D eigenvalue weighted by Gasteiger charge is -2.15. The molecule has 3 heterocycles. The van der Waals surface area contributed by atoms with Crippen molar-refractivity contribution in [1.29, 1.82) is 0 Å². The van der Waals surface area contributed by atoms with Gasteiger partial charge in [0.2, 0.25) is 0 Å². The molecule has 0 saturated carbocycles. The predicted octanol–water partition coefficient (Wildman–Crippen LogP) is 4.63. The maximum atomic E-state index is 6.20. The third-order valence-electron chi connectivity index (χ3n) is 5.19. The van der Waals surface area contributed by atoms with Crippen molar-refractivity contribution in [2.75, 3.05) is 13.2 Å². The van der Waals surface area contributed by atoms with E-state index in [4.69, 9.17) is 15.2 Å². The summed E-state index contributed by atoms with van der Waals surface area (Å²) < 4.78 is 11.7. The lowest BCUT2D eigenvalue weighted by molar-refractivity contribution is 0.220. The van der Waals surface area contributed by atoms with Crippen molar-refractivity contribution >= 4 is 21.7 Å². The van der Waals surface area contributed by atoms with E-state index in [-0.39, 0.29) is 6.04 Å². The Balaban J connectivity index is 1.20. The summed E-state index contributed by atoms with van der Waals surface area (Å²) in [6, 6.07) is 19.7. The highest BCUT2D eigenvalue weighted by atomic mass is 16.5. The monoisotopic (exact) mass is 422 g/mol. The minimum Gasteiger partial charge on any atom is -0.492 e. The molecule has 0 aliphatic carbocycles. The van der Waals surface area contributed by atoms with Gasteiger partial charge in [-0.3, -0.25) is 15.0 Å². The van der Waals surface area contributed by atoms with Crippen LogP contribution in [0, 0.1) is 0 Å². The SMILES string of the molecule is N[C@H](COc1cncc(-c2ccc3cnccc3c2)c1)COc1ccc2cccnc2c1. The number of rotatable bonds is 7. The van der Waals surface area contributed by atoms with E-state index in [1.165, 1.54) is 0 Å². The molecular formula is C26H22N4O2. The maximum absolute atomic E-state index is 6.20. The Labute approximate surface area is 185 Å². The van der Waals surface area contributed by atoms with Crippen molar-refractivity contribution in [1.82, 2.24) is 15.0 Å². The van der Waals surface area contributed by atoms with Crippen LogP contribution in [0.25, 0.3) is 32.8 Å². The summed E-state index contributed by atoms with van der Waals surface area (Å²) in [6.07, 6.45) is 8.93. The molecule has 0 aliphatic heterocycles. The molecule has 0 unspecified atom stereocenters. The zero-order valence-electron chi connectivity index (χ0n) is 17.4. The second-order valence-corrected chi connectivity index (χ2v) is 7.59. The van der Waals surface area contributed by atoms with Gasteiger partial charge in [-0.25, -0.2) is 0 Å². The van der Waals surface area contributed by atoms with Crippen LogP contribution in [0.4, 0.5) is 0 Å². The largest absolute Gasteiger partial charge is 0.492 e. The molecule has 158 valence electrons. The smallest absolute Gasteiger partial charge is 0.138 e. The van der Waals surface area contributed by atoms with Crippen molar-refractivity contribution < 1.29 is 9.47 Å². The molecule has 0 saturated heterocycles. The third-order valence-corrected chi connectivity index (χ3v) is 5.19. The van der Waals surface area contributed by atoms with Gasteiger partial charge in [-0.2, -0.15) is 0 Å². The van der Waals surface area contributed by atoms with Crippen LogP contribution in [0.5, 0.6) is 11.5 Å². The Morgan fingerprint density at radius 3 is 2.50 bits per heavy atom. The van der Waals surface area contributed by atoms with Gasteiger partial charge in [0.1, 0.15) is 24.7 Å². The van der Waals surface area contributed by atoms with E-state index in [2.05, 4.69) is 33.2 Å². The molecule has 32 heavy (non-hydrogen) atoms. The van der Waals surface area contributed by atoms with Crippen molar-refractivity contribution in [3.63, 3.8) is 0 Å². The Morgan fingerprint density at radius 1 is 0.688 bits per heavy atom. The number of pyridine rings is 3. The van der Waals surface area contributed by atoms with Crippen LogP contribution in [0.1, 0.15) is 0 Å². The first-order valence-corrected chi connectivity index (χ1v) is 10.4. The topological polar surface area (TPSA) is 83.2 Å². The van der Waals surface area contributed by atoms with E-state index >= 15 is 0 Å². The van der Waals surface area contributed by atoms with Crippen molar-refractivity contribution in [3.05, 3.63) is 91.6 Å². The standard InChI is InChI=1S/C26H22N4O2/c27-23(16-31-24-6-5-18-2-1-8-30-26(18)12-24)17-32-25-11-22(14-29-15-25)19-3-4-21-13-28-9-7-20(21)10-19/h1-15,23H,16-17,27H2/t23-/m0/s1. The number of nitrogens with zero attached hydrogens (tertiary/aromatic N) is 3. The summed E-state index contributed by atoms with van der Waals surface area (Å²) in [5.74, 6) is 1.41. The molecule has 0 bridgehead atoms. The molecule has 5 aromatic rings. The number of ether oxygens (including phenoxy) is 2. The number of hydrogen-bond acceptors (Lipinski definition) is 6. The predicted molar refractivity (Wildman–Crippen MR) is 126 cm³/mol. The number of fused-ring (bicyclic) bond motifs is 2. The molecule has 2 N–H and O–H groups in total. The van der Waals surface area contributed by atoms with Gasteiger partial charge in [-0.1, -0.05) is 18.2 Å². The fraction of sp³-hybridized carbons (Fsp3) is 0.115. The summed E-state index contributed by atoms with van der Waals surface area (Å²) in [5.41, 5.74) is 9.14. The molecule has 1 atom stereocenters. The average Bonchev–Trinajstić information content (AvgIpc) is 2.86. The summed E-state index contributed by atoms with van der Waals surface area (Å²) >= 11 is 0. The molecule has 5 rings (SSSR count). The normalized spacial score (nSPS) is 12.0. The number of hydrogen-bond donors (Lipinski definition) is 1. The Bertz CT molecular complexity index is 1370. The highest BCUT2D eigenvalue weighted by molar-refractivity contribution is 5.86. The molecule has 0 fully saturated rings. The van der Waals surface area contributed by atoms with E-state index in [1.54, 1.807) is 18.6 Å². The molecule has 6 heteroatoms. The maximum Gasteiger partial charge on any atom is 0.138 e. The lowest BCUT2D eigenvalue weighted by atomic mass is 10.0. The molecular weight excluding hydrogens is 400 g/mol. The van der Waals surface area contributed by atoms with Crippen LogP contribution in [0.15, 0.2) is 91.6 Å². The molecule has 0 aliphatic rings. The van der Waals surface area contributed by atoms with Gasteiger partial charge in [0, 0.05) is 47.2 Å². The fourth-order valence-corrected chi connectivity index (χ4v) is 3.51. The van der Waals surface area contributed by atoms with Crippen LogP contribution in [0.2, 0.25) is 0 Å². The molecule has 0 amide bonds. The molecule has 3 aromatic heterocycles. The first-order valence-electron chi connectivity index (χ1n) is 10.4. The van der Waals surface area contributed by atoms with Gasteiger partial charge in [0.05, 0.1) is 17.8 Å². The molecule has 6 nitrogen and oxygen atoms in total. The molecule has 0 spiro atoms. The van der Waals surface area contributed by atoms with Gasteiger partial charge in [0.15, 0.2) is 0 Å². The summed E-state index contributed by atoms with van der Waals surface area (Å²) in [7, 11) is 0. The van der Waals surface area contributed by atoms with Gasteiger partial charge >= 0.3 is 0 Å². The van der Waals surface area contributed by atoms with E-state index in [0.29, 0.717) is 19.0 Å². The van der Waals surface area contributed by atoms with Crippen molar-refractivity contribution in [3.8, 4) is 22.6 Å². The average molecular weight is 422 g/mol. The van der Waals surface area contributed by atoms with Crippen LogP contribution < -0.4 is 15.2 Å². The summed E-state index contributed by atoms with van der Waals surface area (Å²) in [4.78, 5) is 12.8. The Morgan fingerprint density at radius 2 is 1.56 bits per heavy atom. The Hall–Kier alpha value is -4.03. The second kappa shape index (κ2) is 8.99. The first kappa shape index (κ1) is 19.9. The van der Waals surface area contributed by atoms with Gasteiger partial charge in [-0.15, -0.1) is 0 Å². The van der Waals surface area contributed by atoms with Gasteiger partial charge in [-0.05, 0) is 47.3 Å². The van der Waals surface area contributed by atoms with Crippen LogP contribution >= 0.6 is 0 Å². The highest BCUT2D eigenvalue weighted by Crippen LogP contribution is 2.26. The third kappa shape index (κ3) is 4.50. The zero-order valence-corrected chi connectivity index (χ0v) is 17.4. The van der Waals surface area contributed by atoms with Crippen molar-refractivity contribution in [2.24, 2.45) is 5.73 Å². The van der Waals surface area contributed by atoms with E-state index in [9.17, 15) is 0 Å². The molecule has 2 aromatic carbocycles. The van der Waals surface area contributed by atoms with Crippen molar-refractivity contribution in [2.45, 2.75) is 6.04 Å². The number of aromatic nitrogens is 3. The minimum absolute atomic E-state index is 0.286. The minimum atomic E-state index is -0.286. The number of nitrogens with two attached hydrogens (primary N) is 1. The van der Waals surface area contributed by atoms with Crippen LogP contribution in [-0.2, 0) is 0 Å². The number of benzene rings is 2. The molecule has 0 radical (unpaired) electrons. The first-order chi connectivity index (χ1) is 15.7. The summed E-state index contributed by atoms with van der Waals surface area (Å²) in [6.45, 7) is 0.657. The summed E-state index contributed by atoms with van der Waals surface area (Å²) in [5, 5.41) is 3.31. The van der Waals surface area contributed by atoms with Crippen LogP contribution in [0.3, 0.4) is 0 Å². The fourth-order valence-electron chi connectivity index (χ4n) is 3.51. The zero-order chi connectivity index (χ0) is 21.8. The second-order valence-electron chi connectivity index (χ2n) is 7.59. The Kier molecular flexibility index (Phi) is 5.59. The lowest BCUT2D eigenvalue weighted by Crippen LogP contribution is -2.34. The van der Waals surface area contributed by atoms with Gasteiger partial charge in [0.25, 0.3) is 0 Å². The van der Waals surface area contributed by atoms with Crippen LogP contribution in [-0.4, -0.2) is 34.2 Å². The highest BCUT2D eigenvalue weighted by Gasteiger charge is 2.08. The quantitative estimate of drug-likeness (QED) is 0.412.